The Hall–Kier alpha value is -1.16. The minimum absolute atomic E-state index is 0.144. The second-order valence-corrected chi connectivity index (χ2v) is 6.96. The molecule has 1 amide bonds. The van der Waals surface area contributed by atoms with Crippen LogP contribution < -0.4 is 5.32 Å². The molecule has 98 valence electrons. The van der Waals surface area contributed by atoms with Crippen molar-refractivity contribution < 1.29 is 4.79 Å². The molecule has 1 fully saturated rings. The number of carbonyl (C=O) groups is 1. The molecule has 1 aliphatic rings. The lowest BCUT2D eigenvalue weighted by atomic mass is 10.1. The third kappa shape index (κ3) is 2.99. The van der Waals surface area contributed by atoms with Crippen LogP contribution in [-0.2, 0) is 0 Å². The molecule has 1 aromatic rings. The van der Waals surface area contributed by atoms with Gasteiger partial charge in [0.1, 0.15) is 0 Å². The second-order valence-electron chi connectivity index (χ2n) is 5.16. The Morgan fingerprint density at radius 2 is 2.00 bits per heavy atom. The van der Waals surface area contributed by atoms with E-state index in [-0.39, 0.29) is 10.7 Å². The molecule has 18 heavy (non-hydrogen) atoms. The predicted molar refractivity (Wildman–Crippen MR) is 78.4 cm³/mol. The molecule has 0 saturated carbocycles. The molecule has 2 rings (SSSR count). The highest BCUT2D eigenvalue weighted by Crippen LogP contribution is 2.30. The Labute approximate surface area is 113 Å². The first-order valence-corrected chi connectivity index (χ1v) is 7.21. The normalized spacial score (nSPS) is 18.5. The van der Waals surface area contributed by atoms with Gasteiger partial charge in [-0.3, -0.25) is 4.79 Å². The summed E-state index contributed by atoms with van der Waals surface area (Å²) < 4.78 is 0.166. The molecule has 0 spiro atoms. The largest absolute Gasteiger partial charge is 0.388 e. The number of hydrogen-bond acceptors (Lipinski definition) is 3. The maximum absolute atomic E-state index is 12.4. The quantitative estimate of drug-likeness (QED) is 0.891. The van der Waals surface area contributed by atoms with Crippen molar-refractivity contribution in [2.24, 2.45) is 0 Å². The van der Waals surface area contributed by atoms with Crippen LogP contribution in [0.2, 0.25) is 0 Å². The lowest BCUT2D eigenvalue weighted by Gasteiger charge is -2.37. The lowest BCUT2D eigenvalue weighted by molar-refractivity contribution is 0.0748. The Kier molecular flexibility index (Phi) is 3.85. The van der Waals surface area contributed by atoms with Crippen molar-refractivity contribution >= 4 is 23.4 Å². The minimum atomic E-state index is 0.144. The highest BCUT2D eigenvalue weighted by atomic mass is 32.2. The van der Waals surface area contributed by atoms with Crippen LogP contribution in [0.1, 0.15) is 24.2 Å². The van der Waals surface area contributed by atoms with E-state index in [1.165, 1.54) is 0 Å². The number of nitrogens with zero attached hydrogens (tertiary/aromatic N) is 1. The summed E-state index contributed by atoms with van der Waals surface area (Å²) in [6.45, 7) is 6.06. The molecule has 1 aromatic carbocycles. The number of amides is 1. The van der Waals surface area contributed by atoms with Gasteiger partial charge in [0.15, 0.2) is 0 Å². The zero-order valence-corrected chi connectivity index (χ0v) is 12.0. The number of hydrogen-bond donors (Lipinski definition) is 1. The first kappa shape index (κ1) is 13.3. The van der Waals surface area contributed by atoms with Crippen LogP contribution in [0.15, 0.2) is 24.3 Å². The molecule has 0 unspecified atom stereocenters. The fourth-order valence-electron chi connectivity index (χ4n) is 2.15. The third-order valence-corrected chi connectivity index (χ3v) is 4.43. The fourth-order valence-corrected chi connectivity index (χ4v) is 3.26. The topological polar surface area (TPSA) is 32.3 Å². The van der Waals surface area contributed by atoms with E-state index in [1.54, 1.807) is 0 Å². The van der Waals surface area contributed by atoms with E-state index in [9.17, 15) is 4.79 Å². The van der Waals surface area contributed by atoms with Crippen molar-refractivity contribution in [3.8, 4) is 0 Å². The van der Waals surface area contributed by atoms with Crippen molar-refractivity contribution in [3.05, 3.63) is 29.8 Å². The fraction of sp³-hybridized carbons (Fsp3) is 0.500. The summed E-state index contributed by atoms with van der Waals surface area (Å²) in [5.74, 6) is 1.17. The van der Waals surface area contributed by atoms with Crippen LogP contribution >= 0.6 is 11.8 Å². The highest BCUT2D eigenvalue weighted by Gasteiger charge is 2.30. The van der Waals surface area contributed by atoms with Gasteiger partial charge in [-0.2, -0.15) is 11.8 Å². The van der Waals surface area contributed by atoms with Crippen molar-refractivity contribution in [1.29, 1.82) is 0 Å². The summed E-state index contributed by atoms with van der Waals surface area (Å²) in [5.41, 5.74) is 1.80. The van der Waals surface area contributed by atoms with Gasteiger partial charge in [-0.1, -0.05) is 0 Å². The van der Waals surface area contributed by atoms with Crippen LogP contribution in [0.5, 0.6) is 0 Å². The van der Waals surface area contributed by atoms with Gasteiger partial charge in [0, 0.05) is 41.9 Å². The smallest absolute Gasteiger partial charge is 0.253 e. The average molecular weight is 264 g/mol. The van der Waals surface area contributed by atoms with Crippen molar-refractivity contribution in [3.63, 3.8) is 0 Å². The summed E-state index contributed by atoms with van der Waals surface area (Å²) in [6, 6.07) is 7.67. The molecule has 0 atom stereocenters. The number of nitrogens with one attached hydrogen (secondary N) is 1. The zero-order valence-electron chi connectivity index (χ0n) is 11.2. The molecule has 0 bridgehead atoms. The molecule has 1 saturated heterocycles. The van der Waals surface area contributed by atoms with E-state index < -0.39 is 0 Å². The molecule has 0 aliphatic carbocycles. The lowest BCUT2D eigenvalue weighted by Crippen LogP contribution is -2.46. The molecule has 1 N–H and O–H groups in total. The maximum Gasteiger partial charge on any atom is 0.253 e. The monoisotopic (exact) mass is 264 g/mol. The van der Waals surface area contributed by atoms with Crippen molar-refractivity contribution in [2.45, 2.75) is 18.6 Å². The molecule has 1 aliphatic heterocycles. The van der Waals surface area contributed by atoms with Gasteiger partial charge in [-0.05, 0) is 38.1 Å². The third-order valence-electron chi connectivity index (χ3n) is 3.13. The molecule has 0 aromatic heterocycles. The van der Waals surface area contributed by atoms with Crippen LogP contribution in [0, 0.1) is 0 Å². The Balaban J connectivity index is 2.10. The molecule has 4 heteroatoms. The predicted octanol–water partition coefficient (Wildman–Crippen LogP) is 2.70. The maximum atomic E-state index is 12.4. The van der Waals surface area contributed by atoms with Gasteiger partial charge in [-0.15, -0.1) is 0 Å². The summed E-state index contributed by atoms with van der Waals surface area (Å²) >= 11 is 1.94. The Morgan fingerprint density at radius 3 is 2.56 bits per heavy atom. The number of rotatable bonds is 2. The van der Waals surface area contributed by atoms with E-state index >= 15 is 0 Å². The van der Waals surface area contributed by atoms with Crippen LogP contribution in [-0.4, -0.2) is 41.4 Å². The van der Waals surface area contributed by atoms with E-state index in [1.807, 2.05) is 48.0 Å². The molecular formula is C14H20N2OS. The van der Waals surface area contributed by atoms with Gasteiger partial charge >= 0.3 is 0 Å². The van der Waals surface area contributed by atoms with Crippen LogP contribution in [0.25, 0.3) is 0 Å². The first-order valence-electron chi connectivity index (χ1n) is 6.23. The second kappa shape index (κ2) is 5.22. The van der Waals surface area contributed by atoms with Crippen molar-refractivity contribution in [1.82, 2.24) is 4.90 Å². The summed E-state index contributed by atoms with van der Waals surface area (Å²) in [5, 5.41) is 3.06. The molecule has 0 radical (unpaired) electrons. The molecule has 1 heterocycles. The average Bonchev–Trinajstić information content (AvgIpc) is 2.37. The first-order chi connectivity index (χ1) is 8.52. The minimum Gasteiger partial charge on any atom is -0.388 e. The number of anilines is 1. The van der Waals surface area contributed by atoms with E-state index in [2.05, 4.69) is 19.2 Å². The summed E-state index contributed by atoms with van der Waals surface area (Å²) in [6.07, 6.45) is 0. The van der Waals surface area contributed by atoms with Crippen molar-refractivity contribution in [2.75, 3.05) is 31.2 Å². The van der Waals surface area contributed by atoms with Crippen LogP contribution in [0.3, 0.4) is 0 Å². The van der Waals surface area contributed by atoms with Gasteiger partial charge in [0.25, 0.3) is 5.91 Å². The van der Waals surface area contributed by atoms with E-state index in [4.69, 9.17) is 0 Å². The Morgan fingerprint density at radius 1 is 1.33 bits per heavy atom. The summed E-state index contributed by atoms with van der Waals surface area (Å²) in [4.78, 5) is 14.3. The van der Waals surface area contributed by atoms with Gasteiger partial charge in [-0.25, -0.2) is 0 Å². The zero-order chi connectivity index (χ0) is 13.2. The molecular weight excluding hydrogens is 244 g/mol. The van der Waals surface area contributed by atoms with E-state index in [0.29, 0.717) is 0 Å². The van der Waals surface area contributed by atoms with E-state index in [0.717, 1.165) is 30.1 Å². The standard InChI is InChI=1S/C14H20N2OS/c1-14(2)10-16(8-9-18-14)13(17)11-4-6-12(15-3)7-5-11/h4-7,15H,8-10H2,1-3H3. The number of thioether (sulfide) groups is 1. The number of benzene rings is 1. The highest BCUT2D eigenvalue weighted by molar-refractivity contribution is 8.00. The summed E-state index contributed by atoms with van der Waals surface area (Å²) in [7, 11) is 1.88. The van der Waals surface area contributed by atoms with Gasteiger partial charge in [0.05, 0.1) is 0 Å². The van der Waals surface area contributed by atoms with Crippen LogP contribution in [0.4, 0.5) is 5.69 Å². The molecule has 3 nitrogen and oxygen atoms in total. The Bertz CT molecular complexity index is 428. The SMILES string of the molecule is CNc1ccc(C(=O)N2CCSC(C)(C)C2)cc1. The van der Waals surface area contributed by atoms with Gasteiger partial charge in [0.2, 0.25) is 0 Å². The van der Waals surface area contributed by atoms with Gasteiger partial charge < -0.3 is 10.2 Å². The number of carbonyl (C=O) groups excluding carboxylic acids is 1.